The molecular weight excluding hydrogens is 368 g/mol. The monoisotopic (exact) mass is 390 g/mol. The number of benzene rings is 2. The molecule has 2 N–H and O–H groups in total. The zero-order valence-corrected chi connectivity index (χ0v) is 16.9. The second-order valence-electron chi connectivity index (χ2n) is 7.11. The quantitative estimate of drug-likeness (QED) is 0.701. The van der Waals surface area contributed by atoms with E-state index in [4.69, 9.17) is 33.3 Å². The fraction of sp³-hybridized carbons (Fsp3) is 0.350. The molecule has 0 aromatic heterocycles. The number of thiocarbonyl (C=S) groups is 1. The largest absolute Gasteiger partial charge is 0.495 e. The van der Waals surface area contributed by atoms with Gasteiger partial charge in [-0.05, 0) is 62.8 Å². The zero-order valence-electron chi connectivity index (χ0n) is 15.4. The van der Waals surface area contributed by atoms with Gasteiger partial charge in [-0.3, -0.25) is 0 Å². The van der Waals surface area contributed by atoms with Crippen LogP contribution in [0.4, 0.5) is 5.69 Å². The molecule has 1 atom stereocenters. The standard InChI is InChI=1S/C20H23ClN2O2S/c1-12-5-7-14-16(11-20(2,3)25-18(14)9-12)23-19(26)22-13-6-8-17(24-4)15(21)10-13/h5-10,16H,11H2,1-4H3,(H2,22,23,26)/t16-/m1/s1. The topological polar surface area (TPSA) is 42.5 Å². The summed E-state index contributed by atoms with van der Waals surface area (Å²) in [5.41, 5.74) is 2.83. The van der Waals surface area contributed by atoms with Crippen molar-refractivity contribution in [1.82, 2.24) is 5.32 Å². The summed E-state index contributed by atoms with van der Waals surface area (Å²) in [7, 11) is 1.59. The van der Waals surface area contributed by atoms with Crippen molar-refractivity contribution < 1.29 is 9.47 Å². The molecule has 0 saturated carbocycles. The molecule has 4 nitrogen and oxygen atoms in total. The lowest BCUT2D eigenvalue weighted by molar-refractivity contribution is 0.0696. The van der Waals surface area contributed by atoms with E-state index in [1.807, 2.05) is 12.1 Å². The highest BCUT2D eigenvalue weighted by Gasteiger charge is 2.34. The summed E-state index contributed by atoms with van der Waals surface area (Å²) in [5, 5.41) is 7.68. The first kappa shape index (κ1) is 18.8. The lowest BCUT2D eigenvalue weighted by Crippen LogP contribution is -2.42. The molecule has 138 valence electrons. The summed E-state index contributed by atoms with van der Waals surface area (Å²) in [6, 6.07) is 11.8. The smallest absolute Gasteiger partial charge is 0.171 e. The third kappa shape index (κ3) is 4.22. The molecule has 0 radical (unpaired) electrons. The van der Waals surface area contributed by atoms with E-state index in [0.717, 1.165) is 23.4 Å². The summed E-state index contributed by atoms with van der Waals surface area (Å²) < 4.78 is 11.3. The van der Waals surface area contributed by atoms with Gasteiger partial charge in [0.1, 0.15) is 17.1 Å². The Morgan fingerprint density at radius 1 is 1.27 bits per heavy atom. The first-order chi connectivity index (χ1) is 12.3. The van der Waals surface area contributed by atoms with Crippen LogP contribution in [0.2, 0.25) is 5.02 Å². The Hall–Kier alpha value is -1.98. The Balaban J connectivity index is 1.76. The van der Waals surface area contributed by atoms with Crippen molar-refractivity contribution in [3.05, 3.63) is 52.5 Å². The Labute approximate surface area is 164 Å². The molecule has 2 aromatic carbocycles. The van der Waals surface area contributed by atoms with Gasteiger partial charge >= 0.3 is 0 Å². The SMILES string of the molecule is COc1ccc(NC(=S)N[C@@H]2CC(C)(C)Oc3cc(C)ccc32)cc1Cl. The van der Waals surface area contributed by atoms with Crippen molar-refractivity contribution in [3.8, 4) is 11.5 Å². The van der Waals surface area contributed by atoms with E-state index in [1.165, 1.54) is 5.56 Å². The molecule has 0 bridgehead atoms. The van der Waals surface area contributed by atoms with Crippen molar-refractivity contribution in [3.63, 3.8) is 0 Å². The molecule has 0 spiro atoms. The number of ether oxygens (including phenoxy) is 2. The highest BCUT2D eigenvalue weighted by molar-refractivity contribution is 7.80. The lowest BCUT2D eigenvalue weighted by atomic mass is 9.89. The van der Waals surface area contributed by atoms with E-state index < -0.39 is 0 Å². The number of aryl methyl sites for hydroxylation is 1. The Morgan fingerprint density at radius 2 is 2.04 bits per heavy atom. The molecule has 1 aliphatic rings. The third-order valence-corrected chi connectivity index (χ3v) is 4.86. The molecule has 0 unspecified atom stereocenters. The van der Waals surface area contributed by atoms with Crippen LogP contribution in [0.5, 0.6) is 11.5 Å². The van der Waals surface area contributed by atoms with Crippen LogP contribution in [0.3, 0.4) is 0 Å². The number of anilines is 1. The molecule has 0 amide bonds. The molecule has 6 heteroatoms. The highest BCUT2D eigenvalue weighted by Crippen LogP contribution is 2.40. The van der Waals surface area contributed by atoms with Crippen molar-refractivity contribution in [2.24, 2.45) is 0 Å². The van der Waals surface area contributed by atoms with Crippen molar-refractivity contribution >= 4 is 34.6 Å². The average molecular weight is 391 g/mol. The summed E-state index contributed by atoms with van der Waals surface area (Å²) in [6.45, 7) is 6.24. The van der Waals surface area contributed by atoms with E-state index in [1.54, 1.807) is 13.2 Å². The van der Waals surface area contributed by atoms with Crippen LogP contribution in [0.15, 0.2) is 36.4 Å². The van der Waals surface area contributed by atoms with E-state index in [9.17, 15) is 0 Å². The van der Waals surface area contributed by atoms with Crippen LogP contribution in [-0.4, -0.2) is 17.8 Å². The summed E-state index contributed by atoms with van der Waals surface area (Å²) in [6.07, 6.45) is 0.814. The summed E-state index contributed by atoms with van der Waals surface area (Å²) >= 11 is 11.7. The Kier molecular flexibility index (Phi) is 5.30. The number of halogens is 1. The van der Waals surface area contributed by atoms with Gasteiger partial charge in [-0.15, -0.1) is 0 Å². The van der Waals surface area contributed by atoms with Crippen molar-refractivity contribution in [1.29, 1.82) is 0 Å². The van der Waals surface area contributed by atoms with Gasteiger partial charge in [-0.1, -0.05) is 23.7 Å². The second kappa shape index (κ2) is 7.33. The van der Waals surface area contributed by atoms with E-state index in [0.29, 0.717) is 15.9 Å². The van der Waals surface area contributed by atoms with Gasteiger partial charge in [0.25, 0.3) is 0 Å². The number of rotatable bonds is 3. The second-order valence-corrected chi connectivity index (χ2v) is 7.92. The summed E-state index contributed by atoms with van der Waals surface area (Å²) in [5.74, 6) is 1.54. The Bertz CT molecular complexity index is 839. The minimum absolute atomic E-state index is 0.0723. The normalized spacial score (nSPS) is 17.7. The van der Waals surface area contributed by atoms with Gasteiger partial charge in [0.05, 0.1) is 18.2 Å². The molecule has 0 fully saturated rings. The molecule has 3 rings (SSSR count). The molecule has 26 heavy (non-hydrogen) atoms. The maximum absolute atomic E-state index is 6.18. The fourth-order valence-corrected chi connectivity index (χ4v) is 3.67. The van der Waals surface area contributed by atoms with Crippen LogP contribution in [0.1, 0.15) is 37.4 Å². The zero-order chi connectivity index (χ0) is 18.9. The van der Waals surface area contributed by atoms with E-state index >= 15 is 0 Å². The van der Waals surface area contributed by atoms with E-state index in [2.05, 4.69) is 49.6 Å². The third-order valence-electron chi connectivity index (χ3n) is 4.34. The van der Waals surface area contributed by atoms with Crippen molar-refractivity contribution in [2.75, 3.05) is 12.4 Å². The molecular formula is C20H23ClN2O2S. The Morgan fingerprint density at radius 3 is 2.73 bits per heavy atom. The van der Waals surface area contributed by atoms with Crippen LogP contribution >= 0.6 is 23.8 Å². The molecule has 1 aliphatic heterocycles. The molecule has 0 aliphatic carbocycles. The van der Waals surface area contributed by atoms with Gasteiger partial charge in [-0.2, -0.15) is 0 Å². The minimum atomic E-state index is -0.266. The van der Waals surface area contributed by atoms with Crippen LogP contribution in [0, 0.1) is 6.92 Å². The first-order valence-electron chi connectivity index (χ1n) is 8.48. The number of fused-ring (bicyclic) bond motifs is 1. The maximum Gasteiger partial charge on any atom is 0.171 e. The highest BCUT2D eigenvalue weighted by atomic mass is 35.5. The van der Waals surface area contributed by atoms with Gasteiger partial charge < -0.3 is 20.1 Å². The first-order valence-corrected chi connectivity index (χ1v) is 9.27. The molecule has 2 aromatic rings. The number of hydrogen-bond acceptors (Lipinski definition) is 3. The fourth-order valence-electron chi connectivity index (χ4n) is 3.16. The predicted molar refractivity (Wildman–Crippen MR) is 111 cm³/mol. The molecule has 0 saturated heterocycles. The summed E-state index contributed by atoms with van der Waals surface area (Å²) in [4.78, 5) is 0. The van der Waals surface area contributed by atoms with Gasteiger partial charge in [0, 0.05) is 17.7 Å². The maximum atomic E-state index is 6.18. The van der Waals surface area contributed by atoms with E-state index in [-0.39, 0.29) is 11.6 Å². The number of hydrogen-bond donors (Lipinski definition) is 2. The number of methoxy groups -OCH3 is 1. The van der Waals surface area contributed by atoms with Gasteiger partial charge in [-0.25, -0.2) is 0 Å². The van der Waals surface area contributed by atoms with Crippen LogP contribution in [0.25, 0.3) is 0 Å². The minimum Gasteiger partial charge on any atom is -0.495 e. The van der Waals surface area contributed by atoms with Gasteiger partial charge in [0.15, 0.2) is 5.11 Å². The predicted octanol–water partition coefficient (Wildman–Crippen LogP) is 5.25. The van der Waals surface area contributed by atoms with Crippen LogP contribution < -0.4 is 20.1 Å². The molecule has 1 heterocycles. The van der Waals surface area contributed by atoms with Gasteiger partial charge in [0.2, 0.25) is 0 Å². The number of nitrogens with one attached hydrogen (secondary N) is 2. The lowest BCUT2D eigenvalue weighted by Gasteiger charge is -2.38. The van der Waals surface area contributed by atoms with Crippen LogP contribution in [-0.2, 0) is 0 Å². The van der Waals surface area contributed by atoms with Crippen molar-refractivity contribution in [2.45, 2.75) is 38.8 Å². The average Bonchev–Trinajstić information content (AvgIpc) is 2.53.